The molecule has 0 aliphatic carbocycles. The summed E-state index contributed by atoms with van der Waals surface area (Å²) in [7, 11) is 0. The number of hydrogen-bond donors (Lipinski definition) is 1. The van der Waals surface area contributed by atoms with Gasteiger partial charge in [0.2, 0.25) is 0 Å². The van der Waals surface area contributed by atoms with Crippen molar-refractivity contribution in [3.63, 3.8) is 0 Å². The van der Waals surface area contributed by atoms with Gasteiger partial charge in [0.15, 0.2) is 5.69 Å². The minimum absolute atomic E-state index is 0.239. The molecule has 0 saturated carbocycles. The molecule has 0 amide bonds. The van der Waals surface area contributed by atoms with Crippen LogP contribution in [0, 0.1) is 10.1 Å². The van der Waals surface area contributed by atoms with Crippen LogP contribution in [0.2, 0.25) is 0 Å². The summed E-state index contributed by atoms with van der Waals surface area (Å²) in [6.07, 6.45) is 0. The van der Waals surface area contributed by atoms with E-state index >= 15 is 0 Å². The standard InChI is InChI=1S/C8H4INO2/c1-10-5-2-3-6(8(11)12)7(9)4-5/h2-4H,(H,11,12). The Bertz CT molecular complexity index is 368. The van der Waals surface area contributed by atoms with Crippen molar-refractivity contribution < 1.29 is 9.90 Å². The third kappa shape index (κ3) is 1.74. The molecule has 12 heavy (non-hydrogen) atoms. The summed E-state index contributed by atoms with van der Waals surface area (Å²) in [5.41, 5.74) is 0.701. The van der Waals surface area contributed by atoms with Gasteiger partial charge in [-0.15, -0.1) is 0 Å². The van der Waals surface area contributed by atoms with E-state index in [1.807, 2.05) is 22.6 Å². The maximum Gasteiger partial charge on any atom is 0.336 e. The first-order valence-electron chi connectivity index (χ1n) is 3.05. The van der Waals surface area contributed by atoms with Crippen LogP contribution in [0.15, 0.2) is 18.2 Å². The second-order valence-electron chi connectivity index (χ2n) is 2.08. The molecular formula is C8H4INO2. The van der Waals surface area contributed by atoms with E-state index < -0.39 is 5.97 Å². The zero-order valence-electron chi connectivity index (χ0n) is 5.91. The van der Waals surface area contributed by atoms with E-state index in [9.17, 15) is 4.79 Å². The molecule has 0 unspecified atom stereocenters. The van der Waals surface area contributed by atoms with Crippen LogP contribution in [-0.4, -0.2) is 11.1 Å². The maximum absolute atomic E-state index is 10.5. The molecular weight excluding hydrogens is 269 g/mol. The van der Waals surface area contributed by atoms with Crippen molar-refractivity contribution in [2.75, 3.05) is 0 Å². The predicted octanol–water partition coefficient (Wildman–Crippen LogP) is 2.54. The molecule has 0 aliphatic rings. The van der Waals surface area contributed by atoms with E-state index in [1.165, 1.54) is 12.1 Å². The van der Waals surface area contributed by atoms with Gasteiger partial charge >= 0.3 is 5.97 Å². The van der Waals surface area contributed by atoms with Crippen molar-refractivity contribution in [3.8, 4) is 0 Å². The molecule has 1 aromatic rings. The summed E-state index contributed by atoms with van der Waals surface area (Å²) in [6.45, 7) is 6.69. The van der Waals surface area contributed by atoms with Crippen LogP contribution >= 0.6 is 22.6 Å². The molecule has 60 valence electrons. The Kier molecular flexibility index (Phi) is 2.65. The fraction of sp³-hybridized carbons (Fsp3) is 0. The molecule has 3 nitrogen and oxygen atoms in total. The molecule has 0 atom stereocenters. The Morgan fingerprint density at radius 1 is 1.58 bits per heavy atom. The number of benzene rings is 1. The first-order chi connectivity index (χ1) is 5.65. The van der Waals surface area contributed by atoms with Gasteiger partial charge < -0.3 is 5.11 Å². The number of halogens is 1. The van der Waals surface area contributed by atoms with Crippen molar-refractivity contribution in [1.29, 1.82) is 0 Å². The Labute approximate surface area is 83.0 Å². The number of rotatable bonds is 1. The third-order valence-corrected chi connectivity index (χ3v) is 2.20. The van der Waals surface area contributed by atoms with Gasteiger partial charge in [0.05, 0.1) is 12.1 Å². The average Bonchev–Trinajstić information content (AvgIpc) is 2.03. The van der Waals surface area contributed by atoms with Crippen molar-refractivity contribution >= 4 is 34.2 Å². The molecule has 0 radical (unpaired) electrons. The van der Waals surface area contributed by atoms with Gasteiger partial charge in [-0.1, -0.05) is 12.1 Å². The van der Waals surface area contributed by atoms with Gasteiger partial charge in [0.1, 0.15) is 0 Å². The van der Waals surface area contributed by atoms with Crippen LogP contribution in [0.5, 0.6) is 0 Å². The Balaban J connectivity index is 3.23. The SMILES string of the molecule is [C-]#[N+]c1ccc(C(=O)O)c(I)c1. The Morgan fingerprint density at radius 3 is 2.67 bits per heavy atom. The van der Waals surface area contributed by atoms with E-state index in [2.05, 4.69) is 4.85 Å². The summed E-state index contributed by atoms with van der Waals surface area (Å²) >= 11 is 1.90. The summed E-state index contributed by atoms with van der Waals surface area (Å²) in [6, 6.07) is 4.49. The molecule has 0 fully saturated rings. The summed E-state index contributed by atoms with van der Waals surface area (Å²) in [5.74, 6) is -0.962. The van der Waals surface area contributed by atoms with E-state index in [4.69, 9.17) is 11.7 Å². The molecule has 0 spiro atoms. The molecule has 1 N–H and O–H groups in total. The fourth-order valence-electron chi connectivity index (χ4n) is 0.747. The van der Waals surface area contributed by atoms with E-state index in [0.29, 0.717) is 9.26 Å². The van der Waals surface area contributed by atoms with Crippen LogP contribution in [0.4, 0.5) is 5.69 Å². The number of carboxylic acid groups (broad SMARTS) is 1. The van der Waals surface area contributed by atoms with E-state index in [0.717, 1.165) is 0 Å². The fourth-order valence-corrected chi connectivity index (χ4v) is 1.48. The topological polar surface area (TPSA) is 41.7 Å². The van der Waals surface area contributed by atoms with Crippen molar-refractivity contribution in [1.82, 2.24) is 0 Å². The highest BCUT2D eigenvalue weighted by Gasteiger charge is 2.07. The molecule has 0 aromatic heterocycles. The van der Waals surface area contributed by atoms with Crippen LogP contribution in [-0.2, 0) is 0 Å². The molecule has 0 aliphatic heterocycles. The van der Waals surface area contributed by atoms with Gasteiger partial charge in [-0.3, -0.25) is 0 Å². The largest absolute Gasteiger partial charge is 0.478 e. The van der Waals surface area contributed by atoms with Gasteiger partial charge in [0.25, 0.3) is 0 Å². The number of carboxylic acids is 1. The Hall–Kier alpha value is -1.09. The van der Waals surface area contributed by atoms with Gasteiger partial charge in [-0.25, -0.2) is 9.64 Å². The summed E-state index contributed by atoms with van der Waals surface area (Å²) < 4.78 is 0.591. The number of carbonyl (C=O) groups is 1. The van der Waals surface area contributed by atoms with Crippen LogP contribution in [0.3, 0.4) is 0 Å². The van der Waals surface area contributed by atoms with Crippen LogP contribution in [0.1, 0.15) is 10.4 Å². The minimum atomic E-state index is -0.962. The van der Waals surface area contributed by atoms with Gasteiger partial charge in [-0.05, 0) is 28.7 Å². The quantitative estimate of drug-likeness (QED) is 0.631. The summed E-state index contributed by atoms with van der Waals surface area (Å²) in [5, 5.41) is 8.65. The van der Waals surface area contributed by atoms with Gasteiger partial charge in [-0.2, -0.15) is 0 Å². The molecule has 0 saturated heterocycles. The predicted molar refractivity (Wildman–Crippen MR) is 52.4 cm³/mol. The highest BCUT2D eigenvalue weighted by molar-refractivity contribution is 14.1. The molecule has 0 bridgehead atoms. The molecule has 1 rings (SSSR count). The third-order valence-electron chi connectivity index (χ3n) is 1.31. The second kappa shape index (κ2) is 3.54. The highest BCUT2D eigenvalue weighted by Crippen LogP contribution is 2.19. The van der Waals surface area contributed by atoms with Crippen molar-refractivity contribution in [2.24, 2.45) is 0 Å². The Morgan fingerprint density at radius 2 is 2.25 bits per heavy atom. The first-order valence-corrected chi connectivity index (χ1v) is 4.13. The molecule has 1 aromatic carbocycles. The maximum atomic E-state index is 10.5. The first kappa shape index (κ1) is 9.00. The lowest BCUT2D eigenvalue weighted by Gasteiger charge is -1.97. The normalized spacial score (nSPS) is 9.00. The average molecular weight is 273 g/mol. The molecule has 4 heteroatoms. The van der Waals surface area contributed by atoms with Crippen molar-refractivity contribution in [2.45, 2.75) is 0 Å². The van der Waals surface area contributed by atoms with Gasteiger partial charge in [0, 0.05) is 3.57 Å². The van der Waals surface area contributed by atoms with E-state index in [1.54, 1.807) is 6.07 Å². The van der Waals surface area contributed by atoms with Crippen LogP contribution in [0.25, 0.3) is 4.85 Å². The lowest BCUT2D eigenvalue weighted by Crippen LogP contribution is -1.98. The molecule has 0 heterocycles. The van der Waals surface area contributed by atoms with Crippen molar-refractivity contribution in [3.05, 3.63) is 38.7 Å². The lowest BCUT2D eigenvalue weighted by atomic mass is 10.2. The lowest BCUT2D eigenvalue weighted by molar-refractivity contribution is 0.0696. The number of nitrogens with zero attached hydrogens (tertiary/aromatic N) is 1. The number of aromatic carboxylic acids is 1. The second-order valence-corrected chi connectivity index (χ2v) is 3.24. The smallest absolute Gasteiger partial charge is 0.336 e. The minimum Gasteiger partial charge on any atom is -0.478 e. The van der Waals surface area contributed by atoms with Crippen LogP contribution < -0.4 is 0 Å². The number of hydrogen-bond acceptors (Lipinski definition) is 1. The zero-order valence-corrected chi connectivity index (χ0v) is 8.07. The summed E-state index contributed by atoms with van der Waals surface area (Å²) in [4.78, 5) is 13.7. The monoisotopic (exact) mass is 273 g/mol. The highest BCUT2D eigenvalue weighted by atomic mass is 127. The van der Waals surface area contributed by atoms with E-state index in [-0.39, 0.29) is 5.56 Å². The zero-order chi connectivity index (χ0) is 9.14.